The van der Waals surface area contributed by atoms with E-state index in [4.69, 9.17) is 4.42 Å². The summed E-state index contributed by atoms with van der Waals surface area (Å²) in [5.41, 5.74) is 1.34. The zero-order valence-electron chi connectivity index (χ0n) is 18.2. The van der Waals surface area contributed by atoms with Gasteiger partial charge in [0.2, 0.25) is 5.76 Å². The Morgan fingerprint density at radius 3 is 2.62 bits per heavy atom. The number of nitrogens with one attached hydrogen (secondary N) is 1. The van der Waals surface area contributed by atoms with E-state index in [1.165, 1.54) is 31.4 Å². The zero-order valence-corrected chi connectivity index (χ0v) is 19.0. The second-order valence-electron chi connectivity index (χ2n) is 7.31. The fourth-order valence-electron chi connectivity index (χ4n) is 3.45. The van der Waals surface area contributed by atoms with Crippen LogP contribution in [-0.2, 0) is 17.0 Å². The van der Waals surface area contributed by atoms with Crippen molar-refractivity contribution in [3.63, 3.8) is 0 Å². The maximum Gasteiger partial charge on any atom is 0.373 e. The first-order chi connectivity index (χ1) is 16.5. The summed E-state index contributed by atoms with van der Waals surface area (Å²) in [6, 6.07) is 16.8. The Balaban J connectivity index is 1.40. The molecule has 0 saturated carbocycles. The fourth-order valence-corrected chi connectivity index (χ4v) is 4.44. The summed E-state index contributed by atoms with van der Waals surface area (Å²) in [5, 5.41) is 14.7. The molecule has 0 saturated heterocycles. The van der Waals surface area contributed by atoms with Gasteiger partial charge >= 0.3 is 5.97 Å². The number of nitro groups is 1. The summed E-state index contributed by atoms with van der Waals surface area (Å²) in [7, 11) is 1.31. The predicted octanol–water partition coefficient (Wildman–Crippen LogP) is 4.65. The molecular formula is C24H21N3O6S. The molecule has 174 valence electrons. The van der Waals surface area contributed by atoms with Crippen LogP contribution in [0.15, 0.2) is 76.2 Å². The van der Waals surface area contributed by atoms with Crippen LogP contribution in [-0.4, -0.2) is 35.0 Å². The van der Waals surface area contributed by atoms with Gasteiger partial charge < -0.3 is 19.0 Å². The van der Waals surface area contributed by atoms with Crippen molar-refractivity contribution in [1.29, 1.82) is 0 Å². The Labute approximate surface area is 198 Å². The van der Waals surface area contributed by atoms with Gasteiger partial charge in [0.05, 0.1) is 17.8 Å². The highest BCUT2D eigenvalue weighted by Crippen LogP contribution is 2.32. The number of nitro benzene ring substituents is 1. The van der Waals surface area contributed by atoms with Crippen LogP contribution in [0.25, 0.3) is 10.9 Å². The van der Waals surface area contributed by atoms with Crippen molar-refractivity contribution in [2.75, 3.05) is 13.7 Å². The predicted molar refractivity (Wildman–Crippen MR) is 127 cm³/mol. The van der Waals surface area contributed by atoms with Gasteiger partial charge in [-0.3, -0.25) is 14.9 Å². The molecule has 0 atom stereocenters. The normalized spacial score (nSPS) is 10.9. The molecule has 0 bridgehead atoms. The number of esters is 1. The maximum atomic E-state index is 12.4. The molecule has 9 nitrogen and oxygen atoms in total. The lowest BCUT2D eigenvalue weighted by molar-refractivity contribution is -0.384. The molecule has 0 unspecified atom stereocenters. The zero-order chi connectivity index (χ0) is 24.1. The number of non-ortho nitro benzene ring substituents is 1. The Bertz CT molecular complexity index is 1340. The Kier molecular flexibility index (Phi) is 6.98. The first kappa shape index (κ1) is 23.1. The number of methoxy groups -OCH3 is 1. The second-order valence-corrected chi connectivity index (χ2v) is 8.33. The van der Waals surface area contributed by atoms with Gasteiger partial charge in [-0.25, -0.2) is 4.79 Å². The number of benzene rings is 2. The lowest BCUT2D eigenvalue weighted by Crippen LogP contribution is -2.27. The number of aromatic nitrogens is 1. The van der Waals surface area contributed by atoms with Crippen molar-refractivity contribution in [3.8, 4) is 0 Å². The fraction of sp³-hybridized carbons (Fsp3) is 0.167. The van der Waals surface area contributed by atoms with Crippen LogP contribution in [0.1, 0.15) is 26.7 Å². The number of furan rings is 1. The second kappa shape index (κ2) is 10.3. The number of hydrogen-bond donors (Lipinski definition) is 1. The van der Waals surface area contributed by atoms with Crippen molar-refractivity contribution in [2.45, 2.75) is 17.2 Å². The first-order valence-electron chi connectivity index (χ1n) is 10.4. The lowest BCUT2D eigenvalue weighted by atomic mass is 10.2. The smallest absolute Gasteiger partial charge is 0.373 e. The number of fused-ring (bicyclic) bond motifs is 1. The Hall–Kier alpha value is -4.05. The molecule has 0 radical (unpaired) electrons. The highest BCUT2D eigenvalue weighted by molar-refractivity contribution is 7.98. The molecule has 2 heterocycles. The van der Waals surface area contributed by atoms with Gasteiger partial charge in [0, 0.05) is 52.8 Å². The van der Waals surface area contributed by atoms with Gasteiger partial charge in [-0.1, -0.05) is 18.2 Å². The van der Waals surface area contributed by atoms with Gasteiger partial charge in [0.1, 0.15) is 5.76 Å². The van der Waals surface area contributed by atoms with Crippen LogP contribution in [0.5, 0.6) is 0 Å². The van der Waals surface area contributed by atoms with E-state index in [2.05, 4.69) is 14.6 Å². The third-order valence-electron chi connectivity index (χ3n) is 5.15. The maximum absolute atomic E-state index is 12.4. The topological polar surface area (TPSA) is 117 Å². The number of para-hydroxylation sites is 1. The standard InChI is InChI=1S/C24H21N3O6S/c1-32-24(29)21-11-10-18(33-21)15-34-22-14-26(20-5-3-2-4-19(20)22)13-12-25-23(28)16-6-8-17(9-7-16)27(30)31/h2-11,14H,12-13,15H2,1H3,(H,25,28). The Morgan fingerprint density at radius 2 is 1.88 bits per heavy atom. The molecule has 0 aliphatic carbocycles. The molecule has 0 spiro atoms. The van der Waals surface area contributed by atoms with E-state index in [0.717, 1.165) is 15.8 Å². The van der Waals surface area contributed by atoms with E-state index in [0.29, 0.717) is 30.2 Å². The number of thioether (sulfide) groups is 1. The molecule has 1 amide bonds. The van der Waals surface area contributed by atoms with Gasteiger partial charge in [-0.05, 0) is 30.3 Å². The monoisotopic (exact) mass is 479 g/mol. The number of hydrogen-bond acceptors (Lipinski definition) is 7. The van der Waals surface area contributed by atoms with E-state index < -0.39 is 10.9 Å². The number of rotatable bonds is 9. The lowest BCUT2D eigenvalue weighted by Gasteiger charge is -2.07. The van der Waals surface area contributed by atoms with Crippen molar-refractivity contribution < 1.29 is 23.7 Å². The van der Waals surface area contributed by atoms with Crippen LogP contribution in [0, 0.1) is 10.1 Å². The third-order valence-corrected chi connectivity index (χ3v) is 6.21. The summed E-state index contributed by atoms with van der Waals surface area (Å²) < 4.78 is 12.3. The highest BCUT2D eigenvalue weighted by atomic mass is 32.2. The third kappa shape index (κ3) is 5.12. The molecular weight excluding hydrogens is 458 g/mol. The minimum atomic E-state index is -0.511. The molecule has 4 rings (SSSR count). The van der Waals surface area contributed by atoms with Gasteiger partial charge in [-0.15, -0.1) is 11.8 Å². The minimum absolute atomic E-state index is 0.0588. The van der Waals surface area contributed by atoms with Crippen molar-refractivity contribution >= 4 is 40.2 Å². The number of amides is 1. The summed E-state index contributed by atoms with van der Waals surface area (Å²) in [5.74, 6) is 0.577. The molecule has 10 heteroatoms. The van der Waals surface area contributed by atoms with Crippen LogP contribution in [0.4, 0.5) is 5.69 Å². The number of nitrogens with zero attached hydrogens (tertiary/aromatic N) is 2. The number of ether oxygens (including phenoxy) is 1. The van der Waals surface area contributed by atoms with Gasteiger partial charge in [-0.2, -0.15) is 0 Å². The summed E-state index contributed by atoms with van der Waals surface area (Å²) in [6.07, 6.45) is 2.03. The number of carbonyl (C=O) groups excluding carboxylic acids is 2. The summed E-state index contributed by atoms with van der Waals surface area (Å²) in [6.45, 7) is 0.937. The van der Waals surface area contributed by atoms with Crippen LogP contribution < -0.4 is 5.32 Å². The molecule has 1 N–H and O–H groups in total. The van der Waals surface area contributed by atoms with E-state index in [1.807, 2.05) is 30.5 Å². The Morgan fingerprint density at radius 1 is 1.12 bits per heavy atom. The van der Waals surface area contributed by atoms with Crippen molar-refractivity contribution in [2.24, 2.45) is 0 Å². The van der Waals surface area contributed by atoms with E-state index in [9.17, 15) is 19.7 Å². The van der Waals surface area contributed by atoms with Crippen LogP contribution >= 0.6 is 11.8 Å². The highest BCUT2D eigenvalue weighted by Gasteiger charge is 2.14. The largest absolute Gasteiger partial charge is 0.463 e. The molecule has 2 aromatic heterocycles. The molecule has 0 aliphatic heterocycles. The molecule has 34 heavy (non-hydrogen) atoms. The van der Waals surface area contributed by atoms with Crippen molar-refractivity contribution in [3.05, 3.63) is 94.1 Å². The van der Waals surface area contributed by atoms with Gasteiger partial charge in [0.15, 0.2) is 0 Å². The average molecular weight is 480 g/mol. The SMILES string of the molecule is COC(=O)c1ccc(CSc2cn(CCNC(=O)c3ccc([N+](=O)[O-])cc3)c3ccccc23)o1. The molecule has 2 aromatic carbocycles. The quantitative estimate of drug-likeness (QED) is 0.161. The summed E-state index contributed by atoms with van der Waals surface area (Å²) in [4.78, 5) is 35.3. The average Bonchev–Trinajstić information content (AvgIpc) is 3.47. The number of carbonyl (C=O) groups is 2. The first-order valence-corrected chi connectivity index (χ1v) is 11.3. The molecule has 0 aliphatic rings. The van der Waals surface area contributed by atoms with E-state index >= 15 is 0 Å². The van der Waals surface area contributed by atoms with Crippen molar-refractivity contribution in [1.82, 2.24) is 9.88 Å². The summed E-state index contributed by atoms with van der Waals surface area (Å²) >= 11 is 1.59. The van der Waals surface area contributed by atoms with Gasteiger partial charge in [0.25, 0.3) is 11.6 Å². The van der Waals surface area contributed by atoms with E-state index in [-0.39, 0.29) is 17.4 Å². The minimum Gasteiger partial charge on any atom is -0.463 e. The molecule has 0 fully saturated rings. The molecule has 4 aromatic rings. The van der Waals surface area contributed by atoms with E-state index in [1.54, 1.807) is 23.9 Å². The van der Waals surface area contributed by atoms with Crippen LogP contribution in [0.3, 0.4) is 0 Å². The van der Waals surface area contributed by atoms with Crippen LogP contribution in [0.2, 0.25) is 0 Å².